The van der Waals surface area contributed by atoms with Gasteiger partial charge < -0.3 is 9.73 Å². The number of hydrogen-bond donors (Lipinski definition) is 1. The normalized spacial score (nSPS) is 12.9. The minimum absolute atomic E-state index is 0.184. The molecule has 1 N–H and O–H groups in total. The fourth-order valence-electron chi connectivity index (χ4n) is 2.76. The molecule has 1 unspecified atom stereocenters. The minimum Gasteiger partial charge on any atom is -0.456 e. The first-order chi connectivity index (χ1) is 10.3. The number of nitrogens with one attached hydrogen (secondary N) is 1. The summed E-state index contributed by atoms with van der Waals surface area (Å²) in [5.41, 5.74) is 0.376. The average Bonchev–Trinajstić information content (AvgIpc) is 2.91. The summed E-state index contributed by atoms with van der Waals surface area (Å²) < 4.78 is 19.5. The molecule has 1 heterocycles. The summed E-state index contributed by atoms with van der Waals surface area (Å²) in [7, 11) is 0. The maximum absolute atomic E-state index is 13.7. The van der Waals surface area contributed by atoms with Crippen molar-refractivity contribution in [3.05, 3.63) is 35.8 Å². The fourth-order valence-corrected chi connectivity index (χ4v) is 2.76. The van der Waals surface area contributed by atoms with Crippen LogP contribution in [0.5, 0.6) is 0 Å². The van der Waals surface area contributed by atoms with Crippen molar-refractivity contribution in [3.63, 3.8) is 0 Å². The van der Waals surface area contributed by atoms with Crippen molar-refractivity contribution < 1.29 is 8.81 Å². The van der Waals surface area contributed by atoms with Crippen LogP contribution in [-0.2, 0) is 0 Å². The van der Waals surface area contributed by atoms with Gasteiger partial charge in [0.15, 0.2) is 11.4 Å². The first kappa shape index (κ1) is 16.0. The third kappa shape index (κ3) is 4.31. The Morgan fingerprint density at radius 1 is 1.14 bits per heavy atom. The minimum atomic E-state index is -0.281. The molecule has 1 aromatic carbocycles. The van der Waals surface area contributed by atoms with Crippen LogP contribution in [-0.4, -0.2) is 6.54 Å². The van der Waals surface area contributed by atoms with Crippen molar-refractivity contribution in [1.82, 2.24) is 5.32 Å². The summed E-state index contributed by atoms with van der Waals surface area (Å²) in [5.74, 6) is 0.574. The molecule has 0 saturated carbocycles. The highest BCUT2D eigenvalue weighted by Crippen LogP contribution is 2.28. The van der Waals surface area contributed by atoms with Gasteiger partial charge in [-0.05, 0) is 25.1 Å². The van der Waals surface area contributed by atoms with E-state index >= 15 is 0 Å². The zero-order chi connectivity index (χ0) is 15.1. The van der Waals surface area contributed by atoms with Crippen molar-refractivity contribution in [2.45, 2.75) is 58.4 Å². The molecular weight excluding hydrogens is 265 g/mol. The van der Waals surface area contributed by atoms with Crippen LogP contribution < -0.4 is 5.32 Å². The van der Waals surface area contributed by atoms with Crippen molar-refractivity contribution in [2.75, 3.05) is 6.54 Å². The highest BCUT2D eigenvalue weighted by molar-refractivity contribution is 5.78. The summed E-state index contributed by atoms with van der Waals surface area (Å²) >= 11 is 0. The maximum atomic E-state index is 13.7. The summed E-state index contributed by atoms with van der Waals surface area (Å²) in [4.78, 5) is 0. The van der Waals surface area contributed by atoms with Crippen molar-refractivity contribution >= 4 is 11.0 Å². The molecule has 3 heteroatoms. The lowest BCUT2D eigenvalue weighted by Gasteiger charge is -2.15. The summed E-state index contributed by atoms with van der Waals surface area (Å²) in [6, 6.07) is 7.23. The number of fused-ring (bicyclic) bond motifs is 1. The number of rotatable bonds is 9. The van der Waals surface area contributed by atoms with Crippen LogP contribution in [0.1, 0.15) is 64.2 Å². The largest absolute Gasteiger partial charge is 0.456 e. The molecule has 2 rings (SSSR count). The highest BCUT2D eigenvalue weighted by atomic mass is 19.1. The van der Waals surface area contributed by atoms with Gasteiger partial charge in [0.1, 0.15) is 5.76 Å². The molecule has 0 aliphatic rings. The summed E-state index contributed by atoms with van der Waals surface area (Å²) in [6.45, 7) is 5.21. The van der Waals surface area contributed by atoms with E-state index in [0.29, 0.717) is 5.58 Å². The molecule has 0 aliphatic carbocycles. The third-order valence-electron chi connectivity index (χ3n) is 3.91. The Bertz CT molecular complexity index is 549. The molecule has 21 heavy (non-hydrogen) atoms. The lowest BCUT2D eigenvalue weighted by atomic mass is 10.0. The number of halogens is 1. The van der Waals surface area contributed by atoms with E-state index in [0.717, 1.165) is 24.1 Å². The number of para-hydroxylation sites is 1. The van der Waals surface area contributed by atoms with Gasteiger partial charge in [0.25, 0.3) is 0 Å². The first-order valence-electron chi connectivity index (χ1n) is 8.17. The fraction of sp³-hybridized carbons (Fsp3) is 0.556. The number of hydrogen-bond acceptors (Lipinski definition) is 2. The van der Waals surface area contributed by atoms with Crippen LogP contribution in [0.3, 0.4) is 0 Å². The molecule has 0 bridgehead atoms. The van der Waals surface area contributed by atoms with E-state index in [1.807, 2.05) is 12.1 Å². The Balaban J connectivity index is 2.03. The molecule has 2 aromatic rings. The predicted octanol–water partition coefficient (Wildman–Crippen LogP) is 5.58. The van der Waals surface area contributed by atoms with E-state index in [4.69, 9.17) is 4.42 Å². The van der Waals surface area contributed by atoms with Crippen molar-refractivity contribution in [3.8, 4) is 0 Å². The second-order valence-corrected chi connectivity index (χ2v) is 5.62. The van der Waals surface area contributed by atoms with Gasteiger partial charge in [-0.1, -0.05) is 58.1 Å². The van der Waals surface area contributed by atoms with Crippen LogP contribution in [0, 0.1) is 5.82 Å². The Labute approximate surface area is 126 Å². The van der Waals surface area contributed by atoms with E-state index in [9.17, 15) is 4.39 Å². The van der Waals surface area contributed by atoms with E-state index in [1.165, 1.54) is 38.2 Å². The third-order valence-corrected chi connectivity index (χ3v) is 3.91. The van der Waals surface area contributed by atoms with Gasteiger partial charge in [-0.15, -0.1) is 0 Å². The van der Waals surface area contributed by atoms with E-state index in [1.54, 1.807) is 6.07 Å². The van der Waals surface area contributed by atoms with Crippen LogP contribution in [0.4, 0.5) is 4.39 Å². The molecule has 0 fully saturated rings. The number of benzene rings is 1. The zero-order valence-corrected chi connectivity index (χ0v) is 13.1. The van der Waals surface area contributed by atoms with Crippen LogP contribution in [0.15, 0.2) is 28.7 Å². The Morgan fingerprint density at radius 2 is 1.95 bits per heavy atom. The number of unbranched alkanes of at least 4 members (excludes halogenated alkanes) is 4. The van der Waals surface area contributed by atoms with Gasteiger partial charge in [-0.25, -0.2) is 4.39 Å². The quantitative estimate of drug-likeness (QED) is 0.610. The highest BCUT2D eigenvalue weighted by Gasteiger charge is 2.16. The molecule has 0 saturated heterocycles. The van der Waals surface area contributed by atoms with Gasteiger partial charge >= 0.3 is 0 Å². The number of furan rings is 1. The first-order valence-corrected chi connectivity index (χ1v) is 8.17. The molecule has 1 aromatic heterocycles. The van der Waals surface area contributed by atoms with Gasteiger partial charge in [0, 0.05) is 5.39 Å². The second kappa shape index (κ2) is 8.18. The van der Waals surface area contributed by atoms with Gasteiger partial charge in [-0.2, -0.15) is 0 Å². The van der Waals surface area contributed by atoms with E-state index < -0.39 is 0 Å². The Hall–Kier alpha value is -1.35. The average molecular weight is 291 g/mol. The van der Waals surface area contributed by atoms with E-state index in [2.05, 4.69) is 19.2 Å². The lowest BCUT2D eigenvalue weighted by Crippen LogP contribution is -2.20. The van der Waals surface area contributed by atoms with Gasteiger partial charge in [-0.3, -0.25) is 0 Å². The SMILES string of the molecule is CCCCCCCC(NCC)c1cc2cccc(F)c2o1. The lowest BCUT2D eigenvalue weighted by molar-refractivity contribution is 0.398. The monoisotopic (exact) mass is 291 g/mol. The Kier molecular flexibility index (Phi) is 6.24. The van der Waals surface area contributed by atoms with E-state index in [-0.39, 0.29) is 11.9 Å². The molecule has 1 atom stereocenters. The zero-order valence-electron chi connectivity index (χ0n) is 13.1. The predicted molar refractivity (Wildman–Crippen MR) is 86.0 cm³/mol. The molecule has 0 radical (unpaired) electrons. The molecule has 2 nitrogen and oxygen atoms in total. The second-order valence-electron chi connectivity index (χ2n) is 5.62. The maximum Gasteiger partial charge on any atom is 0.169 e. The summed E-state index contributed by atoms with van der Waals surface area (Å²) in [5, 5.41) is 4.30. The summed E-state index contributed by atoms with van der Waals surface area (Å²) in [6.07, 6.45) is 7.34. The molecule has 0 spiro atoms. The van der Waals surface area contributed by atoms with Crippen molar-refractivity contribution in [2.24, 2.45) is 0 Å². The van der Waals surface area contributed by atoms with Gasteiger partial charge in [0.05, 0.1) is 6.04 Å². The van der Waals surface area contributed by atoms with Crippen LogP contribution in [0.25, 0.3) is 11.0 Å². The molecule has 116 valence electrons. The molecule has 0 aliphatic heterocycles. The smallest absolute Gasteiger partial charge is 0.169 e. The molecule has 0 amide bonds. The van der Waals surface area contributed by atoms with Gasteiger partial charge in [0.2, 0.25) is 0 Å². The topological polar surface area (TPSA) is 25.2 Å². The van der Waals surface area contributed by atoms with Crippen LogP contribution >= 0.6 is 0 Å². The Morgan fingerprint density at radius 3 is 2.67 bits per heavy atom. The van der Waals surface area contributed by atoms with Crippen molar-refractivity contribution in [1.29, 1.82) is 0 Å². The van der Waals surface area contributed by atoms with Crippen LogP contribution in [0.2, 0.25) is 0 Å². The standard InChI is InChI=1S/C18H26FNO/c1-3-5-6-7-8-12-16(20-4-2)17-13-14-10-9-11-15(19)18(14)21-17/h9-11,13,16,20H,3-8,12H2,1-2H3. The molecular formula is C18H26FNO.